The summed E-state index contributed by atoms with van der Waals surface area (Å²) in [5, 5.41) is 0. The van der Waals surface area contributed by atoms with Gasteiger partial charge in [0.15, 0.2) is 0 Å². The molecule has 0 spiro atoms. The molecule has 1 heteroatoms. The Hall–Kier alpha value is -0.0400. The highest BCUT2D eigenvalue weighted by atomic mass is 14.8. The van der Waals surface area contributed by atoms with Crippen LogP contribution in [0.1, 0.15) is 47.5 Å². The van der Waals surface area contributed by atoms with E-state index in [-0.39, 0.29) is 5.54 Å². The molecule has 11 heavy (non-hydrogen) atoms. The number of nitrogens with two attached hydrogens (primary N) is 1. The fraction of sp³-hybridized carbons (Fsp3) is 1.00. The summed E-state index contributed by atoms with van der Waals surface area (Å²) in [5.41, 5.74) is 6.24. The van der Waals surface area contributed by atoms with Gasteiger partial charge in [0.25, 0.3) is 0 Å². The molecular formula is C10H23N. The van der Waals surface area contributed by atoms with Crippen LogP contribution in [0.2, 0.25) is 0 Å². The summed E-state index contributed by atoms with van der Waals surface area (Å²) < 4.78 is 0. The van der Waals surface area contributed by atoms with Crippen LogP contribution in [0, 0.1) is 11.8 Å². The van der Waals surface area contributed by atoms with Gasteiger partial charge in [-0.15, -0.1) is 0 Å². The van der Waals surface area contributed by atoms with Gasteiger partial charge < -0.3 is 5.73 Å². The van der Waals surface area contributed by atoms with E-state index in [4.69, 9.17) is 5.73 Å². The van der Waals surface area contributed by atoms with Crippen molar-refractivity contribution in [2.24, 2.45) is 17.6 Å². The van der Waals surface area contributed by atoms with Crippen LogP contribution in [0.3, 0.4) is 0 Å². The average Bonchev–Trinajstić information content (AvgIpc) is 2.01. The Balaban J connectivity index is 4.18. The maximum atomic E-state index is 6.22. The number of rotatable bonds is 4. The van der Waals surface area contributed by atoms with Crippen molar-refractivity contribution in [2.45, 2.75) is 53.0 Å². The lowest BCUT2D eigenvalue weighted by atomic mass is 9.75. The van der Waals surface area contributed by atoms with E-state index in [1.807, 2.05) is 0 Å². The van der Waals surface area contributed by atoms with E-state index < -0.39 is 0 Å². The molecule has 1 nitrogen and oxygen atoms in total. The predicted octanol–water partition coefficient (Wildman–Crippen LogP) is 2.80. The van der Waals surface area contributed by atoms with Crippen LogP contribution < -0.4 is 5.73 Å². The van der Waals surface area contributed by atoms with Crippen molar-refractivity contribution in [1.82, 2.24) is 0 Å². The van der Waals surface area contributed by atoms with E-state index >= 15 is 0 Å². The first-order valence-corrected chi connectivity index (χ1v) is 4.75. The van der Waals surface area contributed by atoms with E-state index in [9.17, 15) is 0 Å². The van der Waals surface area contributed by atoms with Crippen LogP contribution >= 0.6 is 0 Å². The molecule has 0 radical (unpaired) electrons. The van der Waals surface area contributed by atoms with E-state index in [0.717, 1.165) is 0 Å². The van der Waals surface area contributed by atoms with Crippen LogP contribution in [0.5, 0.6) is 0 Å². The van der Waals surface area contributed by atoms with Gasteiger partial charge in [-0.2, -0.15) is 0 Å². The average molecular weight is 157 g/mol. The Morgan fingerprint density at radius 1 is 1.09 bits per heavy atom. The van der Waals surface area contributed by atoms with Gasteiger partial charge in [0, 0.05) is 5.54 Å². The molecule has 2 N–H and O–H groups in total. The van der Waals surface area contributed by atoms with Crippen LogP contribution in [-0.4, -0.2) is 5.54 Å². The molecule has 0 aliphatic heterocycles. The molecule has 0 aromatic heterocycles. The Morgan fingerprint density at radius 2 is 1.36 bits per heavy atom. The normalized spacial score (nSPS) is 22.4. The van der Waals surface area contributed by atoms with Gasteiger partial charge in [0.1, 0.15) is 0 Å². The van der Waals surface area contributed by atoms with Crippen molar-refractivity contribution in [1.29, 1.82) is 0 Å². The van der Waals surface area contributed by atoms with Crippen molar-refractivity contribution < 1.29 is 0 Å². The molecule has 2 unspecified atom stereocenters. The quantitative estimate of drug-likeness (QED) is 0.667. The third-order valence-electron chi connectivity index (χ3n) is 3.35. The molecule has 0 saturated heterocycles. The van der Waals surface area contributed by atoms with Gasteiger partial charge in [-0.25, -0.2) is 0 Å². The lowest BCUT2D eigenvalue weighted by molar-refractivity contribution is 0.210. The summed E-state index contributed by atoms with van der Waals surface area (Å²) in [4.78, 5) is 0. The minimum atomic E-state index is 0.0174. The minimum absolute atomic E-state index is 0.0174. The zero-order valence-corrected chi connectivity index (χ0v) is 8.65. The molecule has 0 saturated carbocycles. The van der Waals surface area contributed by atoms with Crippen molar-refractivity contribution in [3.63, 3.8) is 0 Å². The first-order valence-electron chi connectivity index (χ1n) is 4.75. The maximum Gasteiger partial charge on any atom is 0.0177 e. The van der Waals surface area contributed by atoms with Crippen molar-refractivity contribution in [3.05, 3.63) is 0 Å². The smallest absolute Gasteiger partial charge is 0.0177 e. The summed E-state index contributed by atoms with van der Waals surface area (Å²) in [6, 6.07) is 0. The zero-order valence-electron chi connectivity index (χ0n) is 8.65. The van der Waals surface area contributed by atoms with E-state index in [1.165, 1.54) is 12.8 Å². The first kappa shape index (κ1) is 11.0. The second-order valence-electron chi connectivity index (χ2n) is 3.98. The number of hydrogen-bond acceptors (Lipinski definition) is 1. The molecule has 0 bridgehead atoms. The van der Waals surface area contributed by atoms with Crippen LogP contribution in [0.25, 0.3) is 0 Å². The Bertz CT molecular complexity index is 95.4. The number of hydrogen-bond donors (Lipinski definition) is 1. The van der Waals surface area contributed by atoms with Crippen molar-refractivity contribution in [2.75, 3.05) is 0 Å². The molecule has 0 aliphatic carbocycles. The highest BCUT2D eigenvalue weighted by molar-refractivity contribution is 4.87. The highest BCUT2D eigenvalue weighted by Crippen LogP contribution is 2.27. The zero-order chi connectivity index (χ0) is 9.07. The largest absolute Gasteiger partial charge is 0.325 e. The van der Waals surface area contributed by atoms with Crippen molar-refractivity contribution >= 4 is 0 Å². The Kier molecular flexibility index (Phi) is 4.09. The molecule has 0 aromatic rings. The monoisotopic (exact) mass is 157 g/mol. The lowest BCUT2D eigenvalue weighted by Crippen LogP contribution is -2.48. The summed E-state index contributed by atoms with van der Waals surface area (Å²) in [6.45, 7) is 11.1. The van der Waals surface area contributed by atoms with E-state index in [2.05, 4.69) is 34.6 Å². The Morgan fingerprint density at radius 3 is 1.55 bits per heavy atom. The molecule has 0 amide bonds. The molecule has 2 atom stereocenters. The highest BCUT2D eigenvalue weighted by Gasteiger charge is 2.29. The van der Waals surface area contributed by atoms with Gasteiger partial charge in [0.2, 0.25) is 0 Å². The molecule has 0 aromatic carbocycles. The van der Waals surface area contributed by atoms with Gasteiger partial charge in [-0.3, -0.25) is 0 Å². The summed E-state index contributed by atoms with van der Waals surface area (Å²) in [5.74, 6) is 1.25. The fourth-order valence-corrected chi connectivity index (χ4v) is 1.37. The Labute approximate surface area is 71.4 Å². The maximum absolute atomic E-state index is 6.22. The summed E-state index contributed by atoms with van der Waals surface area (Å²) in [7, 11) is 0. The van der Waals surface area contributed by atoms with Crippen LogP contribution in [0.4, 0.5) is 0 Å². The third kappa shape index (κ3) is 2.48. The van der Waals surface area contributed by atoms with Gasteiger partial charge in [0.05, 0.1) is 0 Å². The fourth-order valence-electron chi connectivity index (χ4n) is 1.37. The van der Waals surface area contributed by atoms with Gasteiger partial charge in [-0.05, 0) is 18.8 Å². The molecule has 0 fully saturated rings. The standard InChI is InChI=1S/C10H23N/c1-6-8(3)10(5,11)9(4)7-2/h8-9H,6-7,11H2,1-5H3. The molecular weight excluding hydrogens is 134 g/mol. The first-order chi connectivity index (χ1) is 4.96. The molecule has 0 heterocycles. The summed E-state index contributed by atoms with van der Waals surface area (Å²) in [6.07, 6.45) is 2.36. The van der Waals surface area contributed by atoms with Crippen LogP contribution in [-0.2, 0) is 0 Å². The lowest BCUT2D eigenvalue weighted by Gasteiger charge is -2.36. The van der Waals surface area contributed by atoms with E-state index in [0.29, 0.717) is 11.8 Å². The topological polar surface area (TPSA) is 26.0 Å². The minimum Gasteiger partial charge on any atom is -0.325 e. The second-order valence-corrected chi connectivity index (χ2v) is 3.98. The third-order valence-corrected chi connectivity index (χ3v) is 3.35. The molecule has 0 rings (SSSR count). The summed E-state index contributed by atoms with van der Waals surface area (Å²) >= 11 is 0. The van der Waals surface area contributed by atoms with Gasteiger partial charge >= 0.3 is 0 Å². The predicted molar refractivity (Wildman–Crippen MR) is 51.5 cm³/mol. The van der Waals surface area contributed by atoms with E-state index in [1.54, 1.807) is 0 Å². The second kappa shape index (κ2) is 4.10. The van der Waals surface area contributed by atoms with Gasteiger partial charge in [-0.1, -0.05) is 40.5 Å². The van der Waals surface area contributed by atoms with Crippen molar-refractivity contribution in [3.8, 4) is 0 Å². The molecule has 0 aliphatic rings. The molecule has 68 valence electrons. The SMILES string of the molecule is CCC(C)C(C)(N)C(C)CC. The van der Waals surface area contributed by atoms with Crippen LogP contribution in [0.15, 0.2) is 0 Å².